The molecule has 0 aliphatic carbocycles. The van der Waals surface area contributed by atoms with E-state index in [1.54, 1.807) is 18.3 Å². The van der Waals surface area contributed by atoms with Gasteiger partial charge in [0.15, 0.2) is 6.10 Å². The summed E-state index contributed by atoms with van der Waals surface area (Å²) >= 11 is 6.13. The fraction of sp³-hybridized carbons (Fsp3) is 0.238. The van der Waals surface area contributed by atoms with E-state index in [2.05, 4.69) is 10.3 Å². The minimum Gasteiger partial charge on any atom is -0.479 e. The Labute approximate surface area is 164 Å². The molecule has 0 bridgehead atoms. The number of amides is 1. The smallest absolute Gasteiger partial charge is 0.261 e. The van der Waals surface area contributed by atoms with E-state index >= 15 is 0 Å². The van der Waals surface area contributed by atoms with Gasteiger partial charge in [0, 0.05) is 18.9 Å². The van der Waals surface area contributed by atoms with Crippen LogP contribution in [0.4, 0.5) is 0 Å². The molecule has 1 amide bonds. The lowest BCUT2D eigenvalue weighted by Gasteiger charge is -2.19. The van der Waals surface area contributed by atoms with Crippen molar-refractivity contribution in [3.63, 3.8) is 0 Å². The maximum absolute atomic E-state index is 12.6. The van der Waals surface area contributed by atoms with Gasteiger partial charge >= 0.3 is 0 Å². The van der Waals surface area contributed by atoms with E-state index in [-0.39, 0.29) is 5.91 Å². The molecule has 1 atom stereocenters. The first-order valence-electron chi connectivity index (χ1n) is 8.87. The molecule has 27 heavy (non-hydrogen) atoms. The van der Waals surface area contributed by atoms with Crippen LogP contribution in [0.5, 0.6) is 5.75 Å². The summed E-state index contributed by atoms with van der Waals surface area (Å²) in [5.41, 5.74) is 1.99. The zero-order chi connectivity index (χ0) is 19.2. The first kappa shape index (κ1) is 19.0. The van der Waals surface area contributed by atoms with Crippen LogP contribution in [-0.2, 0) is 11.3 Å². The summed E-state index contributed by atoms with van der Waals surface area (Å²) in [5, 5.41) is 3.46. The Morgan fingerprint density at radius 2 is 1.96 bits per heavy atom. The number of aromatic nitrogens is 2. The topological polar surface area (TPSA) is 56.1 Å². The molecule has 0 radical (unpaired) electrons. The van der Waals surface area contributed by atoms with E-state index in [0.717, 1.165) is 17.1 Å². The largest absolute Gasteiger partial charge is 0.479 e. The van der Waals surface area contributed by atoms with Crippen molar-refractivity contribution in [1.82, 2.24) is 14.9 Å². The monoisotopic (exact) mass is 383 g/mol. The van der Waals surface area contributed by atoms with Gasteiger partial charge in [-0.05, 0) is 37.1 Å². The Kier molecular flexibility index (Phi) is 6.14. The van der Waals surface area contributed by atoms with Gasteiger partial charge in [-0.2, -0.15) is 0 Å². The van der Waals surface area contributed by atoms with Gasteiger partial charge < -0.3 is 14.6 Å². The molecule has 1 aromatic heterocycles. The second-order valence-electron chi connectivity index (χ2n) is 6.14. The molecule has 0 fully saturated rings. The molecule has 0 aliphatic rings. The van der Waals surface area contributed by atoms with Crippen molar-refractivity contribution in [3.8, 4) is 11.4 Å². The van der Waals surface area contributed by atoms with Crippen LogP contribution in [0.3, 0.4) is 0 Å². The van der Waals surface area contributed by atoms with Gasteiger partial charge in [0.25, 0.3) is 5.91 Å². The third kappa shape index (κ3) is 4.49. The van der Waals surface area contributed by atoms with Crippen LogP contribution < -0.4 is 10.1 Å². The summed E-state index contributed by atoms with van der Waals surface area (Å²) in [4.78, 5) is 16.9. The maximum Gasteiger partial charge on any atom is 0.261 e. The van der Waals surface area contributed by atoms with Crippen molar-refractivity contribution < 1.29 is 9.53 Å². The summed E-state index contributed by atoms with van der Waals surface area (Å²) in [7, 11) is 0. The molecule has 0 spiro atoms. The number of imidazole rings is 1. The highest BCUT2D eigenvalue weighted by atomic mass is 35.5. The van der Waals surface area contributed by atoms with Gasteiger partial charge in [-0.15, -0.1) is 0 Å². The van der Waals surface area contributed by atoms with Gasteiger partial charge in [0.2, 0.25) is 0 Å². The molecule has 1 unspecified atom stereocenters. The average molecular weight is 384 g/mol. The van der Waals surface area contributed by atoms with Crippen molar-refractivity contribution in [2.75, 3.05) is 0 Å². The van der Waals surface area contributed by atoms with E-state index in [1.165, 1.54) is 0 Å². The standard InChI is InChI=1S/C21H22ClN3O2/c1-3-19(27-20-11-7-5-9-17(20)22)21(26)24-14-16-8-4-6-10-18(16)25-13-12-23-15(25)2/h4-13,19H,3,14H2,1-2H3,(H,24,26). The van der Waals surface area contributed by atoms with E-state index in [1.807, 2.05) is 61.0 Å². The van der Waals surface area contributed by atoms with Crippen molar-refractivity contribution in [2.45, 2.75) is 32.9 Å². The van der Waals surface area contributed by atoms with Crippen molar-refractivity contribution >= 4 is 17.5 Å². The fourth-order valence-corrected chi connectivity index (χ4v) is 3.02. The summed E-state index contributed by atoms with van der Waals surface area (Å²) in [6, 6.07) is 15.1. The van der Waals surface area contributed by atoms with E-state index < -0.39 is 6.10 Å². The minimum absolute atomic E-state index is 0.172. The lowest BCUT2D eigenvalue weighted by molar-refractivity contribution is -0.128. The first-order valence-corrected chi connectivity index (χ1v) is 9.25. The van der Waals surface area contributed by atoms with Gasteiger partial charge in [0.1, 0.15) is 11.6 Å². The zero-order valence-corrected chi connectivity index (χ0v) is 16.1. The molecule has 2 aromatic carbocycles. The lowest BCUT2D eigenvalue weighted by Crippen LogP contribution is -2.37. The molecule has 1 N–H and O–H groups in total. The van der Waals surface area contributed by atoms with E-state index in [0.29, 0.717) is 23.7 Å². The van der Waals surface area contributed by atoms with Crippen LogP contribution in [0.2, 0.25) is 5.02 Å². The highest BCUT2D eigenvalue weighted by molar-refractivity contribution is 6.32. The molecule has 0 saturated heterocycles. The number of benzene rings is 2. The number of carbonyl (C=O) groups is 1. The quantitative estimate of drug-likeness (QED) is 0.661. The second-order valence-corrected chi connectivity index (χ2v) is 6.54. The Morgan fingerprint density at radius 3 is 2.67 bits per heavy atom. The third-order valence-electron chi connectivity index (χ3n) is 4.30. The molecule has 3 aromatic rings. The van der Waals surface area contributed by atoms with Crippen molar-refractivity contribution in [3.05, 3.63) is 77.3 Å². The SMILES string of the molecule is CCC(Oc1ccccc1Cl)C(=O)NCc1ccccc1-n1ccnc1C. The molecular weight excluding hydrogens is 362 g/mol. The molecule has 140 valence electrons. The number of carbonyl (C=O) groups excluding carboxylic acids is 1. The number of nitrogens with one attached hydrogen (secondary N) is 1. The van der Waals surface area contributed by atoms with E-state index in [4.69, 9.17) is 16.3 Å². The number of nitrogens with zero attached hydrogens (tertiary/aromatic N) is 2. The summed E-state index contributed by atoms with van der Waals surface area (Å²) in [6.45, 7) is 4.25. The molecule has 0 saturated carbocycles. The number of para-hydroxylation sites is 2. The predicted molar refractivity (Wildman–Crippen MR) is 106 cm³/mol. The van der Waals surface area contributed by atoms with Crippen LogP contribution >= 0.6 is 11.6 Å². The van der Waals surface area contributed by atoms with Crippen LogP contribution in [0.15, 0.2) is 60.9 Å². The lowest BCUT2D eigenvalue weighted by atomic mass is 10.1. The predicted octanol–water partition coefficient (Wildman–Crippen LogP) is 4.31. The summed E-state index contributed by atoms with van der Waals surface area (Å²) in [5.74, 6) is 1.23. The Morgan fingerprint density at radius 1 is 1.22 bits per heavy atom. The van der Waals surface area contributed by atoms with Crippen molar-refractivity contribution in [2.24, 2.45) is 0 Å². The number of hydrogen-bond acceptors (Lipinski definition) is 3. The summed E-state index contributed by atoms with van der Waals surface area (Å²) in [6.07, 6.45) is 3.60. The molecular formula is C21H22ClN3O2. The fourth-order valence-electron chi connectivity index (χ4n) is 2.84. The third-order valence-corrected chi connectivity index (χ3v) is 4.61. The zero-order valence-electron chi connectivity index (χ0n) is 15.4. The second kappa shape index (κ2) is 8.73. The molecule has 1 heterocycles. The van der Waals surface area contributed by atoms with Crippen molar-refractivity contribution in [1.29, 1.82) is 0 Å². The molecule has 0 aliphatic heterocycles. The Hall–Kier alpha value is -2.79. The van der Waals surface area contributed by atoms with E-state index in [9.17, 15) is 4.79 Å². The van der Waals surface area contributed by atoms with Gasteiger partial charge in [-0.3, -0.25) is 4.79 Å². The van der Waals surface area contributed by atoms with Crippen LogP contribution in [0, 0.1) is 6.92 Å². The molecule has 3 rings (SSSR count). The number of aryl methyl sites for hydroxylation is 1. The maximum atomic E-state index is 12.6. The highest BCUT2D eigenvalue weighted by Gasteiger charge is 2.19. The first-order chi connectivity index (χ1) is 13.1. The van der Waals surface area contributed by atoms with Crippen LogP contribution in [0.1, 0.15) is 24.7 Å². The molecule has 5 nitrogen and oxygen atoms in total. The van der Waals surface area contributed by atoms with Gasteiger partial charge in [0.05, 0.1) is 10.7 Å². The number of ether oxygens (including phenoxy) is 1. The Balaban J connectivity index is 1.70. The normalized spacial score (nSPS) is 11.8. The van der Waals surface area contributed by atoms with Crippen LogP contribution in [-0.4, -0.2) is 21.6 Å². The van der Waals surface area contributed by atoms with Gasteiger partial charge in [-0.25, -0.2) is 4.98 Å². The Bertz CT molecular complexity index is 923. The highest BCUT2D eigenvalue weighted by Crippen LogP contribution is 2.25. The van der Waals surface area contributed by atoms with Crippen LogP contribution in [0.25, 0.3) is 5.69 Å². The number of rotatable bonds is 7. The number of halogens is 1. The summed E-state index contributed by atoms with van der Waals surface area (Å²) < 4.78 is 7.81. The number of hydrogen-bond donors (Lipinski definition) is 1. The molecule has 6 heteroatoms. The average Bonchev–Trinajstić information content (AvgIpc) is 3.11. The van der Waals surface area contributed by atoms with Gasteiger partial charge in [-0.1, -0.05) is 48.9 Å². The minimum atomic E-state index is -0.605.